The Kier molecular flexibility index (Phi) is 6.02. The minimum Gasteiger partial charge on any atom is -0.466 e. The first-order valence-corrected chi connectivity index (χ1v) is 9.78. The smallest absolute Gasteiger partial charge is 0.310 e. The lowest BCUT2D eigenvalue weighted by Crippen LogP contribution is -2.42. The van der Waals surface area contributed by atoms with Crippen LogP contribution in [0.15, 0.2) is 24.3 Å². The molecule has 6 heteroatoms. The Morgan fingerprint density at radius 2 is 2.20 bits per heavy atom. The van der Waals surface area contributed by atoms with E-state index in [0.29, 0.717) is 19.6 Å². The molecule has 1 saturated heterocycles. The average molecular weight is 360 g/mol. The minimum atomic E-state index is -0.172. The second-order valence-corrected chi connectivity index (χ2v) is 7.48. The Morgan fingerprint density at radius 3 is 3.00 bits per heavy atom. The number of ether oxygens (including phenoxy) is 1. The number of rotatable bonds is 6. The molecule has 0 bridgehead atoms. The van der Waals surface area contributed by atoms with Gasteiger partial charge in [-0.05, 0) is 44.7 Å². The van der Waals surface area contributed by atoms with Crippen LogP contribution in [-0.4, -0.2) is 41.5 Å². The van der Waals surface area contributed by atoms with E-state index in [0.717, 1.165) is 42.8 Å². The summed E-state index contributed by atoms with van der Waals surface area (Å²) in [7, 11) is 0. The molecule has 0 aliphatic carbocycles. The summed E-state index contributed by atoms with van der Waals surface area (Å²) in [5, 5.41) is 1.08. The van der Waals surface area contributed by atoms with Gasteiger partial charge in [-0.2, -0.15) is 0 Å². The monoisotopic (exact) mass is 360 g/mol. The van der Waals surface area contributed by atoms with Crippen LogP contribution in [0.4, 0.5) is 0 Å². The van der Waals surface area contributed by atoms with E-state index in [4.69, 9.17) is 4.74 Å². The molecule has 25 heavy (non-hydrogen) atoms. The van der Waals surface area contributed by atoms with Crippen LogP contribution >= 0.6 is 11.3 Å². The number of thiazole rings is 1. The number of carbonyl (C=O) groups excluding carboxylic acids is 2. The van der Waals surface area contributed by atoms with Crippen molar-refractivity contribution < 1.29 is 14.3 Å². The number of aryl methyl sites for hydroxylation is 1. The molecule has 134 valence electrons. The molecule has 5 nitrogen and oxygen atoms in total. The Bertz CT molecular complexity index is 710. The Hall–Kier alpha value is -1.95. The maximum atomic E-state index is 12.4. The van der Waals surface area contributed by atoms with Gasteiger partial charge < -0.3 is 9.64 Å². The number of piperidine rings is 1. The third kappa shape index (κ3) is 4.57. The molecule has 3 rings (SSSR count). The number of esters is 1. The number of hydrogen-bond donors (Lipinski definition) is 0. The van der Waals surface area contributed by atoms with Crippen molar-refractivity contribution in [2.45, 2.75) is 39.0 Å². The van der Waals surface area contributed by atoms with Gasteiger partial charge in [-0.3, -0.25) is 9.59 Å². The van der Waals surface area contributed by atoms with Crippen LogP contribution in [0.2, 0.25) is 0 Å². The maximum absolute atomic E-state index is 12.4. The highest BCUT2D eigenvalue weighted by Gasteiger charge is 2.28. The van der Waals surface area contributed by atoms with E-state index < -0.39 is 0 Å². The average Bonchev–Trinajstić information content (AvgIpc) is 3.04. The van der Waals surface area contributed by atoms with Crippen molar-refractivity contribution in [1.29, 1.82) is 0 Å². The molecule has 2 heterocycles. The first-order valence-electron chi connectivity index (χ1n) is 8.96. The molecule has 1 aromatic carbocycles. The molecule has 1 fully saturated rings. The predicted molar refractivity (Wildman–Crippen MR) is 98.5 cm³/mol. The van der Waals surface area contributed by atoms with Crippen molar-refractivity contribution in [2.24, 2.45) is 5.92 Å². The maximum Gasteiger partial charge on any atom is 0.310 e. The molecule has 1 amide bonds. The van der Waals surface area contributed by atoms with E-state index in [9.17, 15) is 9.59 Å². The van der Waals surface area contributed by atoms with Crippen LogP contribution in [0.1, 0.15) is 37.6 Å². The zero-order valence-corrected chi connectivity index (χ0v) is 15.4. The van der Waals surface area contributed by atoms with Gasteiger partial charge >= 0.3 is 5.97 Å². The third-order valence-corrected chi connectivity index (χ3v) is 5.61. The van der Waals surface area contributed by atoms with Crippen molar-refractivity contribution in [3.63, 3.8) is 0 Å². The Labute approximate surface area is 152 Å². The molecule has 0 saturated carbocycles. The van der Waals surface area contributed by atoms with Crippen LogP contribution in [0, 0.1) is 5.92 Å². The summed E-state index contributed by atoms with van der Waals surface area (Å²) >= 11 is 1.70. The second-order valence-electron chi connectivity index (χ2n) is 6.36. The van der Waals surface area contributed by atoms with Gasteiger partial charge in [0.05, 0.1) is 27.7 Å². The third-order valence-electron chi connectivity index (χ3n) is 4.51. The lowest BCUT2D eigenvalue weighted by molar-refractivity contribution is -0.151. The Balaban J connectivity index is 1.47. The normalized spacial score (nSPS) is 17.6. The lowest BCUT2D eigenvalue weighted by Gasteiger charge is -2.31. The van der Waals surface area contributed by atoms with Gasteiger partial charge in [-0.1, -0.05) is 12.1 Å². The number of para-hydroxylation sites is 1. The predicted octanol–water partition coefficient (Wildman–Crippen LogP) is 3.42. The zero-order chi connectivity index (χ0) is 17.6. The summed E-state index contributed by atoms with van der Waals surface area (Å²) in [5.74, 6) is -0.202. The molecular weight excluding hydrogens is 336 g/mol. The molecule has 1 aliphatic heterocycles. The van der Waals surface area contributed by atoms with Crippen molar-refractivity contribution in [2.75, 3.05) is 19.7 Å². The van der Waals surface area contributed by atoms with E-state index in [1.165, 1.54) is 4.70 Å². The minimum absolute atomic E-state index is 0.134. The molecule has 0 N–H and O–H groups in total. The van der Waals surface area contributed by atoms with Crippen LogP contribution in [0.5, 0.6) is 0 Å². The van der Waals surface area contributed by atoms with Crippen molar-refractivity contribution in [3.05, 3.63) is 29.3 Å². The van der Waals surface area contributed by atoms with E-state index in [1.807, 2.05) is 30.0 Å². The fraction of sp³-hybridized carbons (Fsp3) is 0.526. The van der Waals surface area contributed by atoms with Crippen LogP contribution < -0.4 is 0 Å². The number of carbonyl (C=O) groups is 2. The number of likely N-dealkylation sites (tertiary alicyclic amines) is 1. The number of benzene rings is 1. The van der Waals surface area contributed by atoms with Gasteiger partial charge in [0.25, 0.3) is 0 Å². The number of fused-ring (bicyclic) bond motifs is 1. The highest BCUT2D eigenvalue weighted by Crippen LogP contribution is 2.23. The fourth-order valence-corrected chi connectivity index (χ4v) is 4.24. The van der Waals surface area contributed by atoms with Gasteiger partial charge in [-0.25, -0.2) is 4.98 Å². The second kappa shape index (κ2) is 8.43. The summed E-state index contributed by atoms with van der Waals surface area (Å²) in [6.45, 7) is 3.45. The quantitative estimate of drug-likeness (QED) is 0.741. The molecule has 0 spiro atoms. The molecular formula is C19H24N2O3S. The van der Waals surface area contributed by atoms with E-state index in [-0.39, 0.29) is 17.8 Å². The standard InChI is InChI=1S/C19H24N2O3S/c1-2-24-19(23)14-7-6-12-21(13-14)18(22)11-5-10-17-20-15-8-3-4-9-16(15)25-17/h3-4,8-9,14H,2,5-7,10-13H2,1H3. The molecule has 1 unspecified atom stereocenters. The number of nitrogens with zero attached hydrogens (tertiary/aromatic N) is 2. The SMILES string of the molecule is CCOC(=O)C1CCCN(C(=O)CCCc2nc3ccccc3s2)C1. The molecule has 1 aliphatic rings. The summed E-state index contributed by atoms with van der Waals surface area (Å²) in [6, 6.07) is 8.10. The summed E-state index contributed by atoms with van der Waals surface area (Å²) in [5.41, 5.74) is 1.03. The van der Waals surface area contributed by atoms with E-state index in [2.05, 4.69) is 11.1 Å². The number of aromatic nitrogens is 1. The molecule has 0 radical (unpaired) electrons. The van der Waals surface area contributed by atoms with E-state index in [1.54, 1.807) is 11.3 Å². The van der Waals surface area contributed by atoms with Crippen molar-refractivity contribution in [1.82, 2.24) is 9.88 Å². The van der Waals surface area contributed by atoms with Crippen LogP contribution in [0.25, 0.3) is 10.2 Å². The Morgan fingerprint density at radius 1 is 1.36 bits per heavy atom. The summed E-state index contributed by atoms with van der Waals surface area (Å²) in [6.07, 6.45) is 3.80. The van der Waals surface area contributed by atoms with E-state index >= 15 is 0 Å². The van der Waals surface area contributed by atoms with Gasteiger partial charge in [-0.15, -0.1) is 11.3 Å². The fourth-order valence-electron chi connectivity index (χ4n) is 3.23. The molecule has 1 atom stereocenters. The molecule has 1 aromatic heterocycles. The van der Waals surface area contributed by atoms with Crippen LogP contribution in [-0.2, 0) is 20.7 Å². The molecule has 2 aromatic rings. The first-order chi connectivity index (χ1) is 12.2. The first kappa shape index (κ1) is 17.9. The van der Waals surface area contributed by atoms with Gasteiger partial charge in [0.2, 0.25) is 5.91 Å². The van der Waals surface area contributed by atoms with Crippen LogP contribution in [0.3, 0.4) is 0 Å². The highest BCUT2D eigenvalue weighted by molar-refractivity contribution is 7.18. The summed E-state index contributed by atoms with van der Waals surface area (Å²) < 4.78 is 6.29. The lowest BCUT2D eigenvalue weighted by atomic mass is 9.98. The summed E-state index contributed by atoms with van der Waals surface area (Å²) in [4.78, 5) is 30.8. The number of amides is 1. The van der Waals surface area contributed by atoms with Crippen molar-refractivity contribution >= 4 is 33.4 Å². The van der Waals surface area contributed by atoms with Gasteiger partial charge in [0, 0.05) is 19.5 Å². The topological polar surface area (TPSA) is 59.5 Å². The zero-order valence-electron chi connectivity index (χ0n) is 14.6. The highest BCUT2D eigenvalue weighted by atomic mass is 32.1. The largest absolute Gasteiger partial charge is 0.466 e. The van der Waals surface area contributed by atoms with Crippen molar-refractivity contribution in [3.8, 4) is 0 Å². The van der Waals surface area contributed by atoms with Gasteiger partial charge in [0.1, 0.15) is 0 Å². The van der Waals surface area contributed by atoms with Gasteiger partial charge in [0.15, 0.2) is 0 Å². The number of hydrogen-bond acceptors (Lipinski definition) is 5.